The molecule has 0 bridgehead atoms. The van der Waals surface area contributed by atoms with Crippen molar-refractivity contribution in [2.45, 2.75) is 21.9 Å². The minimum absolute atomic E-state index is 0.00400. The quantitative estimate of drug-likeness (QED) is 0.736. The second kappa shape index (κ2) is 4.24. The number of carboxylic acid groups (broad SMARTS) is 1. The van der Waals surface area contributed by atoms with Gasteiger partial charge in [0.25, 0.3) is 10.0 Å². The lowest BCUT2D eigenvalue weighted by Gasteiger charge is -2.19. The second-order valence-corrected chi connectivity index (χ2v) is 7.31. The maximum atomic E-state index is 12.5. The van der Waals surface area contributed by atoms with Crippen LogP contribution < -0.4 is 0 Å². The lowest BCUT2D eigenvalue weighted by molar-refractivity contribution is 0.0696. The predicted molar refractivity (Wildman–Crippen MR) is 72.1 cm³/mol. The topological polar surface area (TPSA) is 89.3 Å². The van der Waals surface area contributed by atoms with E-state index in [0.29, 0.717) is 15.7 Å². The third-order valence-electron chi connectivity index (χ3n) is 2.84. The number of carbonyl (C=O) groups is 1. The summed E-state index contributed by atoms with van der Waals surface area (Å²) < 4.78 is 26.2. The van der Waals surface area contributed by atoms with Gasteiger partial charge in [-0.3, -0.25) is 0 Å². The molecule has 0 fully saturated rings. The number of fused-ring (bicyclic) bond motifs is 2. The fraction of sp³-hybridized carbons (Fsp3) is 0.0909. The average Bonchev–Trinajstić information content (AvgIpc) is 2.70. The summed E-state index contributed by atoms with van der Waals surface area (Å²) in [4.78, 5) is 15.4. The van der Waals surface area contributed by atoms with Crippen molar-refractivity contribution in [2.75, 3.05) is 0 Å². The fourth-order valence-electron chi connectivity index (χ4n) is 1.94. The van der Waals surface area contributed by atoms with Crippen molar-refractivity contribution in [2.24, 2.45) is 0 Å². The molecule has 1 aliphatic rings. The zero-order valence-electron chi connectivity index (χ0n) is 9.99. The summed E-state index contributed by atoms with van der Waals surface area (Å²) in [5.41, 5.74) is 0.223. The Morgan fingerprint density at radius 1 is 1.45 bits per heavy atom. The number of hydrogen-bond donors (Lipinski definition) is 1. The third kappa shape index (κ3) is 1.75. The maximum absolute atomic E-state index is 12.5. The summed E-state index contributed by atoms with van der Waals surface area (Å²) in [5.74, 6) is -1.27. The van der Waals surface area contributed by atoms with Crippen molar-refractivity contribution in [1.29, 1.82) is 0 Å². The number of imidazole rings is 1. The Balaban J connectivity index is 2.34. The first-order chi connectivity index (χ1) is 9.32. The molecule has 0 saturated heterocycles. The van der Waals surface area contributed by atoms with Crippen molar-refractivity contribution >= 4 is 39.4 Å². The molecule has 9 heteroatoms. The van der Waals surface area contributed by atoms with Gasteiger partial charge in [0, 0.05) is 4.90 Å². The number of rotatable bonds is 1. The Hall–Kier alpha value is -1.51. The van der Waals surface area contributed by atoms with Crippen LogP contribution in [-0.4, -0.2) is 28.5 Å². The monoisotopic (exact) mass is 330 g/mol. The zero-order chi connectivity index (χ0) is 14.7. The number of halogens is 1. The minimum Gasteiger partial charge on any atom is -0.478 e. The van der Waals surface area contributed by atoms with Gasteiger partial charge in [0.05, 0.1) is 22.5 Å². The molecule has 1 aliphatic heterocycles. The van der Waals surface area contributed by atoms with Crippen molar-refractivity contribution in [3.63, 3.8) is 0 Å². The molecule has 0 unspecified atom stereocenters. The van der Waals surface area contributed by atoms with Gasteiger partial charge in [-0.15, -0.1) is 0 Å². The second-order valence-electron chi connectivity index (χ2n) is 4.14. The first-order valence-electron chi connectivity index (χ1n) is 5.37. The molecule has 20 heavy (non-hydrogen) atoms. The molecule has 1 aromatic carbocycles. The number of aryl methyl sites for hydroxylation is 1. The first kappa shape index (κ1) is 13.5. The average molecular weight is 331 g/mol. The van der Waals surface area contributed by atoms with E-state index in [0.717, 1.165) is 21.8 Å². The molecule has 0 saturated carbocycles. The zero-order valence-corrected chi connectivity index (χ0v) is 12.4. The highest BCUT2D eigenvalue weighted by atomic mass is 35.5. The van der Waals surface area contributed by atoms with Crippen LogP contribution in [0.25, 0.3) is 0 Å². The van der Waals surface area contributed by atoms with Gasteiger partial charge in [0.15, 0.2) is 5.16 Å². The van der Waals surface area contributed by atoms with Gasteiger partial charge in [-0.2, -0.15) is 0 Å². The Morgan fingerprint density at radius 2 is 2.15 bits per heavy atom. The number of nitrogens with zero attached hydrogens (tertiary/aromatic N) is 2. The molecule has 3 rings (SSSR count). The molecule has 1 N–H and O–H groups in total. The van der Waals surface area contributed by atoms with Crippen molar-refractivity contribution in [3.8, 4) is 0 Å². The van der Waals surface area contributed by atoms with E-state index >= 15 is 0 Å². The first-order valence-corrected chi connectivity index (χ1v) is 8.00. The van der Waals surface area contributed by atoms with E-state index in [1.807, 2.05) is 0 Å². The Morgan fingerprint density at radius 3 is 2.80 bits per heavy atom. The molecule has 0 amide bonds. The molecule has 2 aromatic rings. The number of benzene rings is 1. The Kier molecular flexibility index (Phi) is 2.86. The predicted octanol–water partition coefficient (Wildman–Crippen LogP) is 2.24. The molecule has 0 aliphatic carbocycles. The lowest BCUT2D eigenvalue weighted by Crippen LogP contribution is -2.20. The number of hydrogen-bond acceptors (Lipinski definition) is 5. The minimum atomic E-state index is -3.85. The molecule has 1 aromatic heterocycles. The van der Waals surface area contributed by atoms with Crippen LogP contribution in [0.1, 0.15) is 16.1 Å². The van der Waals surface area contributed by atoms with Crippen LogP contribution in [0.15, 0.2) is 33.3 Å². The van der Waals surface area contributed by atoms with E-state index in [1.165, 1.54) is 12.3 Å². The largest absolute Gasteiger partial charge is 0.478 e. The molecule has 0 atom stereocenters. The van der Waals surface area contributed by atoms with Gasteiger partial charge in [-0.05, 0) is 30.8 Å². The summed E-state index contributed by atoms with van der Waals surface area (Å²) in [6.45, 7) is 1.62. The van der Waals surface area contributed by atoms with Crippen LogP contribution in [0, 0.1) is 6.92 Å². The van der Waals surface area contributed by atoms with Crippen LogP contribution >= 0.6 is 23.4 Å². The summed E-state index contributed by atoms with van der Waals surface area (Å²) in [5, 5.41) is 9.35. The summed E-state index contributed by atoms with van der Waals surface area (Å²) >= 11 is 7.00. The Bertz CT molecular complexity index is 858. The van der Waals surface area contributed by atoms with E-state index in [2.05, 4.69) is 4.98 Å². The van der Waals surface area contributed by atoms with Crippen molar-refractivity contribution < 1.29 is 18.3 Å². The molecule has 0 radical (unpaired) electrons. The third-order valence-corrected chi connectivity index (χ3v) is 6.26. The number of aromatic carboxylic acids is 1. The molecule has 104 valence electrons. The van der Waals surface area contributed by atoms with Crippen LogP contribution in [0.3, 0.4) is 0 Å². The normalized spacial score (nSPS) is 15.5. The Labute approximate surface area is 123 Å². The summed E-state index contributed by atoms with van der Waals surface area (Å²) in [6.07, 6.45) is 1.45. The smallest absolute Gasteiger partial charge is 0.337 e. The molecular weight excluding hydrogens is 324 g/mol. The van der Waals surface area contributed by atoms with Gasteiger partial charge < -0.3 is 5.11 Å². The van der Waals surface area contributed by atoms with Gasteiger partial charge >= 0.3 is 5.97 Å². The van der Waals surface area contributed by atoms with Crippen LogP contribution in [0.4, 0.5) is 0 Å². The van der Waals surface area contributed by atoms with Gasteiger partial charge in [-0.25, -0.2) is 22.2 Å². The van der Waals surface area contributed by atoms with Gasteiger partial charge in [0.1, 0.15) is 4.90 Å². The standard InChI is InChI=1S/C11H7ClN2O4S2/c1-5-4-13-11-14(5)20(17,18)9-2-6(10(15)16)7(12)3-8(9)19-11/h2-4H,1H3,(H,15,16). The molecule has 2 heterocycles. The highest BCUT2D eigenvalue weighted by Gasteiger charge is 2.33. The molecule has 6 nitrogen and oxygen atoms in total. The highest BCUT2D eigenvalue weighted by molar-refractivity contribution is 8.01. The van der Waals surface area contributed by atoms with Crippen molar-refractivity contribution in [3.05, 3.63) is 34.6 Å². The van der Waals surface area contributed by atoms with Crippen molar-refractivity contribution in [1.82, 2.24) is 8.96 Å². The van der Waals surface area contributed by atoms with E-state index in [1.54, 1.807) is 6.92 Å². The van der Waals surface area contributed by atoms with Crippen LogP contribution in [0.2, 0.25) is 5.02 Å². The summed E-state index contributed by atoms with van der Waals surface area (Å²) in [6, 6.07) is 2.43. The van der Waals surface area contributed by atoms with Crippen LogP contribution in [-0.2, 0) is 10.0 Å². The number of aromatic nitrogens is 2. The van der Waals surface area contributed by atoms with E-state index in [9.17, 15) is 13.2 Å². The van der Waals surface area contributed by atoms with Crippen LogP contribution in [0.5, 0.6) is 0 Å². The summed E-state index contributed by atoms with van der Waals surface area (Å²) in [7, 11) is -3.85. The maximum Gasteiger partial charge on any atom is 0.337 e. The van der Waals surface area contributed by atoms with E-state index in [-0.39, 0.29) is 15.5 Å². The highest BCUT2D eigenvalue weighted by Crippen LogP contribution is 2.42. The molecule has 0 spiro atoms. The number of carboxylic acids is 1. The van der Waals surface area contributed by atoms with Gasteiger partial charge in [-0.1, -0.05) is 11.6 Å². The SMILES string of the molecule is Cc1cnc2n1S(=O)(=O)c1cc(C(=O)O)c(Cl)cc1S2. The lowest BCUT2D eigenvalue weighted by atomic mass is 10.2. The van der Waals surface area contributed by atoms with Gasteiger partial charge in [0.2, 0.25) is 0 Å². The van der Waals surface area contributed by atoms with E-state index in [4.69, 9.17) is 16.7 Å². The van der Waals surface area contributed by atoms with E-state index < -0.39 is 16.0 Å². The molecular formula is C11H7ClN2O4S2. The fourth-order valence-corrected chi connectivity index (χ4v) is 5.42.